The minimum Gasteiger partial charge on any atom is -0.478 e. The summed E-state index contributed by atoms with van der Waals surface area (Å²) in [6.45, 7) is 2.43. The molecule has 0 radical (unpaired) electrons. The van der Waals surface area contributed by atoms with Crippen LogP contribution in [0, 0.1) is 16.0 Å². The quantitative estimate of drug-likeness (QED) is 0.512. The number of hydrogen-bond acceptors (Lipinski definition) is 5. The van der Waals surface area contributed by atoms with Crippen molar-refractivity contribution >= 4 is 17.3 Å². The fraction of sp³-hybridized carbons (Fsp3) is 0.417. The van der Waals surface area contributed by atoms with Gasteiger partial charge in [-0.25, -0.2) is 4.79 Å². The summed E-state index contributed by atoms with van der Waals surface area (Å²) in [7, 11) is 0. The zero-order chi connectivity index (χ0) is 14.4. The van der Waals surface area contributed by atoms with Crippen molar-refractivity contribution in [3.63, 3.8) is 0 Å². The lowest BCUT2D eigenvalue weighted by Crippen LogP contribution is -2.13. The van der Waals surface area contributed by atoms with Crippen molar-refractivity contribution in [3.05, 3.63) is 33.9 Å². The van der Waals surface area contributed by atoms with E-state index in [1.54, 1.807) is 0 Å². The van der Waals surface area contributed by atoms with Crippen LogP contribution in [0.5, 0.6) is 0 Å². The van der Waals surface area contributed by atoms with Crippen molar-refractivity contribution in [2.24, 2.45) is 5.92 Å². The summed E-state index contributed by atoms with van der Waals surface area (Å²) in [5.74, 6) is -1.05. The van der Waals surface area contributed by atoms with Gasteiger partial charge in [0.05, 0.1) is 10.5 Å². The number of aliphatic hydroxyl groups excluding tert-OH is 1. The van der Waals surface area contributed by atoms with Gasteiger partial charge in [0.15, 0.2) is 0 Å². The van der Waals surface area contributed by atoms with E-state index < -0.39 is 10.9 Å². The lowest BCUT2D eigenvalue weighted by Gasteiger charge is -2.12. The van der Waals surface area contributed by atoms with Crippen LogP contribution < -0.4 is 5.32 Å². The van der Waals surface area contributed by atoms with Gasteiger partial charge in [-0.15, -0.1) is 0 Å². The molecule has 0 bridgehead atoms. The number of anilines is 1. The third-order valence-electron chi connectivity index (χ3n) is 2.70. The summed E-state index contributed by atoms with van der Waals surface area (Å²) < 4.78 is 0. The first-order valence-electron chi connectivity index (χ1n) is 5.82. The highest BCUT2D eigenvalue weighted by Crippen LogP contribution is 2.26. The van der Waals surface area contributed by atoms with E-state index >= 15 is 0 Å². The summed E-state index contributed by atoms with van der Waals surface area (Å²) in [4.78, 5) is 21.0. The van der Waals surface area contributed by atoms with Crippen molar-refractivity contribution in [1.29, 1.82) is 0 Å². The number of nitrogens with one attached hydrogen (secondary N) is 1. The van der Waals surface area contributed by atoms with Gasteiger partial charge in [-0.2, -0.15) is 0 Å². The molecule has 1 unspecified atom stereocenters. The first-order chi connectivity index (χ1) is 8.95. The van der Waals surface area contributed by atoms with Crippen LogP contribution in [0.1, 0.15) is 23.7 Å². The Hall–Kier alpha value is -2.15. The Morgan fingerprint density at radius 2 is 2.21 bits per heavy atom. The fourth-order valence-corrected chi connectivity index (χ4v) is 1.57. The van der Waals surface area contributed by atoms with Crippen LogP contribution in [-0.2, 0) is 0 Å². The number of nitro groups is 1. The van der Waals surface area contributed by atoms with E-state index in [-0.39, 0.29) is 29.5 Å². The Balaban J connectivity index is 2.88. The highest BCUT2D eigenvalue weighted by molar-refractivity contribution is 5.89. The maximum Gasteiger partial charge on any atom is 0.335 e. The topological polar surface area (TPSA) is 113 Å². The number of nitrogens with zero attached hydrogens (tertiary/aromatic N) is 1. The first kappa shape index (κ1) is 14.9. The molecule has 104 valence electrons. The van der Waals surface area contributed by atoms with Crippen LogP contribution in [0.3, 0.4) is 0 Å². The molecule has 7 heteroatoms. The summed E-state index contributed by atoms with van der Waals surface area (Å²) >= 11 is 0. The van der Waals surface area contributed by atoms with E-state index in [0.717, 1.165) is 6.07 Å². The summed E-state index contributed by atoms with van der Waals surface area (Å²) in [6, 6.07) is 3.73. The normalized spacial score (nSPS) is 11.9. The Bertz CT molecular complexity index is 475. The molecular weight excluding hydrogens is 252 g/mol. The average molecular weight is 268 g/mol. The number of rotatable bonds is 7. The molecule has 3 N–H and O–H groups in total. The molecule has 1 rings (SSSR count). The van der Waals surface area contributed by atoms with Crippen LogP contribution >= 0.6 is 0 Å². The van der Waals surface area contributed by atoms with Gasteiger partial charge in [-0.3, -0.25) is 10.1 Å². The molecule has 0 amide bonds. The summed E-state index contributed by atoms with van der Waals surface area (Å²) in [5, 5.41) is 31.4. The number of aliphatic hydroxyl groups is 1. The van der Waals surface area contributed by atoms with Crippen molar-refractivity contribution in [3.8, 4) is 0 Å². The van der Waals surface area contributed by atoms with Crippen LogP contribution in [0.25, 0.3) is 0 Å². The smallest absolute Gasteiger partial charge is 0.335 e. The number of carboxylic acids is 1. The van der Waals surface area contributed by atoms with Gasteiger partial charge in [0.25, 0.3) is 5.69 Å². The maximum atomic E-state index is 10.9. The lowest BCUT2D eigenvalue weighted by molar-refractivity contribution is -0.384. The first-order valence-corrected chi connectivity index (χ1v) is 5.82. The Kier molecular flexibility index (Phi) is 5.25. The number of nitro benzene ring substituents is 1. The molecule has 0 aliphatic rings. The second-order valence-corrected chi connectivity index (χ2v) is 4.29. The van der Waals surface area contributed by atoms with Gasteiger partial charge in [0.2, 0.25) is 0 Å². The second-order valence-electron chi connectivity index (χ2n) is 4.29. The standard InChI is InChI=1S/C12H16N2O5/c1-8(4-5-15)7-13-10-3-2-9(12(16)17)6-11(10)14(18)19/h2-3,6,8,13,15H,4-5,7H2,1H3,(H,16,17). The third kappa shape index (κ3) is 4.22. The third-order valence-corrected chi connectivity index (χ3v) is 2.70. The number of carbonyl (C=O) groups is 1. The van der Waals surface area contributed by atoms with Crippen molar-refractivity contribution in [2.45, 2.75) is 13.3 Å². The molecule has 1 aromatic rings. The molecule has 1 atom stereocenters. The van der Waals surface area contributed by atoms with E-state index in [1.165, 1.54) is 12.1 Å². The predicted molar refractivity (Wildman–Crippen MR) is 69.4 cm³/mol. The Morgan fingerprint density at radius 3 is 2.74 bits per heavy atom. The zero-order valence-corrected chi connectivity index (χ0v) is 10.5. The number of hydrogen-bond donors (Lipinski definition) is 3. The van der Waals surface area contributed by atoms with Crippen LogP contribution in [0.2, 0.25) is 0 Å². The fourth-order valence-electron chi connectivity index (χ4n) is 1.57. The molecule has 0 saturated carbocycles. The predicted octanol–water partition coefficient (Wildman–Crippen LogP) is 1.72. The van der Waals surface area contributed by atoms with E-state index in [0.29, 0.717) is 13.0 Å². The van der Waals surface area contributed by atoms with E-state index in [1.807, 2.05) is 6.92 Å². The van der Waals surface area contributed by atoms with E-state index in [4.69, 9.17) is 10.2 Å². The highest BCUT2D eigenvalue weighted by Gasteiger charge is 2.17. The molecule has 0 aliphatic carbocycles. The summed E-state index contributed by atoms with van der Waals surface area (Å²) in [6.07, 6.45) is 0.591. The second kappa shape index (κ2) is 6.69. The Labute approximate surface area is 110 Å². The van der Waals surface area contributed by atoms with Crippen LogP contribution in [-0.4, -0.2) is 34.3 Å². The van der Waals surface area contributed by atoms with Crippen molar-refractivity contribution in [2.75, 3.05) is 18.5 Å². The van der Waals surface area contributed by atoms with Gasteiger partial charge in [-0.1, -0.05) is 6.92 Å². The Morgan fingerprint density at radius 1 is 1.53 bits per heavy atom. The molecule has 0 heterocycles. The SMILES string of the molecule is CC(CCO)CNc1ccc(C(=O)O)cc1[N+](=O)[O-]. The van der Waals surface area contributed by atoms with Crippen molar-refractivity contribution < 1.29 is 19.9 Å². The molecule has 0 aliphatic heterocycles. The maximum absolute atomic E-state index is 10.9. The molecule has 1 aromatic carbocycles. The van der Waals surface area contributed by atoms with Gasteiger partial charge < -0.3 is 15.5 Å². The number of carboxylic acid groups (broad SMARTS) is 1. The van der Waals surface area contributed by atoms with Crippen LogP contribution in [0.15, 0.2) is 18.2 Å². The largest absolute Gasteiger partial charge is 0.478 e. The molecule has 0 saturated heterocycles. The monoisotopic (exact) mass is 268 g/mol. The van der Waals surface area contributed by atoms with Gasteiger partial charge >= 0.3 is 5.97 Å². The number of aromatic carboxylic acids is 1. The highest BCUT2D eigenvalue weighted by atomic mass is 16.6. The average Bonchev–Trinajstić information content (AvgIpc) is 2.36. The molecule has 7 nitrogen and oxygen atoms in total. The van der Waals surface area contributed by atoms with E-state index in [2.05, 4.69) is 5.32 Å². The lowest BCUT2D eigenvalue weighted by atomic mass is 10.1. The van der Waals surface area contributed by atoms with E-state index in [9.17, 15) is 14.9 Å². The van der Waals surface area contributed by atoms with Gasteiger partial charge in [0, 0.05) is 19.2 Å². The molecule has 0 aromatic heterocycles. The summed E-state index contributed by atoms with van der Waals surface area (Å²) in [5.41, 5.74) is -0.114. The molecular formula is C12H16N2O5. The van der Waals surface area contributed by atoms with Gasteiger partial charge in [-0.05, 0) is 24.5 Å². The molecule has 19 heavy (non-hydrogen) atoms. The van der Waals surface area contributed by atoms with Gasteiger partial charge in [0.1, 0.15) is 5.69 Å². The molecule has 0 fully saturated rings. The van der Waals surface area contributed by atoms with Crippen molar-refractivity contribution in [1.82, 2.24) is 0 Å². The molecule has 0 spiro atoms. The zero-order valence-electron chi connectivity index (χ0n) is 10.5. The minimum atomic E-state index is -1.21. The number of benzene rings is 1. The van der Waals surface area contributed by atoms with Crippen LogP contribution in [0.4, 0.5) is 11.4 Å². The minimum absolute atomic E-state index is 0.0584.